The van der Waals surface area contributed by atoms with E-state index in [-0.39, 0.29) is 11.3 Å². The van der Waals surface area contributed by atoms with Gasteiger partial charge >= 0.3 is 5.91 Å². The number of ether oxygens (including phenoxy) is 1. The van der Waals surface area contributed by atoms with E-state index < -0.39 is 17.7 Å². The molecule has 1 N–H and O–H groups in total. The second kappa shape index (κ2) is 8.12. The van der Waals surface area contributed by atoms with Crippen molar-refractivity contribution in [3.63, 3.8) is 0 Å². The van der Waals surface area contributed by atoms with E-state index in [9.17, 15) is 14.7 Å². The highest BCUT2D eigenvalue weighted by Gasteiger charge is 2.47. The Morgan fingerprint density at radius 2 is 1.97 bits per heavy atom. The summed E-state index contributed by atoms with van der Waals surface area (Å²) in [4.78, 5) is 31.6. The second-order valence-corrected chi connectivity index (χ2v) is 7.68. The first-order chi connectivity index (χ1) is 14.5. The molecule has 0 spiro atoms. The number of aliphatic hydroxyl groups excluding tert-OH is 1. The number of Topliss-reactive ketones (excluding diaryl/α,β-unsaturated/α-hetero) is 1. The van der Waals surface area contributed by atoms with Crippen molar-refractivity contribution in [1.82, 2.24) is 4.98 Å². The zero-order valence-electron chi connectivity index (χ0n) is 16.5. The van der Waals surface area contributed by atoms with Crippen LogP contribution in [0.25, 0.3) is 5.76 Å². The summed E-state index contributed by atoms with van der Waals surface area (Å²) < 4.78 is 5.23. The van der Waals surface area contributed by atoms with Gasteiger partial charge in [-0.1, -0.05) is 43.3 Å². The molecule has 1 fully saturated rings. The van der Waals surface area contributed by atoms with Gasteiger partial charge in [0, 0.05) is 17.1 Å². The summed E-state index contributed by atoms with van der Waals surface area (Å²) in [6.07, 6.45) is 2.45. The van der Waals surface area contributed by atoms with E-state index in [0.717, 1.165) is 17.5 Å². The van der Waals surface area contributed by atoms with E-state index in [4.69, 9.17) is 4.74 Å². The molecule has 0 aliphatic carbocycles. The van der Waals surface area contributed by atoms with Crippen molar-refractivity contribution in [3.8, 4) is 5.75 Å². The van der Waals surface area contributed by atoms with Gasteiger partial charge in [-0.15, -0.1) is 11.3 Å². The molecule has 30 heavy (non-hydrogen) atoms. The fourth-order valence-electron chi connectivity index (χ4n) is 3.54. The smallest absolute Gasteiger partial charge is 0.301 e. The first kappa shape index (κ1) is 19.8. The van der Waals surface area contributed by atoms with Gasteiger partial charge in [0.1, 0.15) is 11.5 Å². The normalized spacial score (nSPS) is 18.1. The van der Waals surface area contributed by atoms with Crippen LogP contribution in [-0.2, 0) is 16.0 Å². The van der Waals surface area contributed by atoms with Crippen LogP contribution in [0.15, 0.2) is 65.7 Å². The average Bonchev–Trinajstić information content (AvgIpc) is 3.40. The van der Waals surface area contributed by atoms with Crippen molar-refractivity contribution < 1.29 is 19.4 Å². The van der Waals surface area contributed by atoms with Crippen molar-refractivity contribution in [2.24, 2.45) is 0 Å². The molecule has 1 aromatic heterocycles. The van der Waals surface area contributed by atoms with Crippen LogP contribution in [0.5, 0.6) is 5.75 Å². The number of hydrogen-bond acceptors (Lipinski definition) is 6. The maximum Gasteiger partial charge on any atom is 0.301 e. The summed E-state index contributed by atoms with van der Waals surface area (Å²) in [6.45, 7) is 2.06. The Bertz CT molecular complexity index is 1120. The molecule has 6 nitrogen and oxygen atoms in total. The SMILES string of the molecule is CCc1ccc(C2/C(=C(\O)c3cccc(OC)c3)C(=O)C(=O)N2c2nccs2)cc1. The highest BCUT2D eigenvalue weighted by Crippen LogP contribution is 2.42. The summed E-state index contributed by atoms with van der Waals surface area (Å²) in [7, 11) is 1.52. The lowest BCUT2D eigenvalue weighted by Gasteiger charge is -2.23. The van der Waals surface area contributed by atoms with Gasteiger partial charge in [0.2, 0.25) is 0 Å². The molecule has 1 unspecified atom stereocenters. The van der Waals surface area contributed by atoms with E-state index in [2.05, 4.69) is 11.9 Å². The number of methoxy groups -OCH3 is 1. The van der Waals surface area contributed by atoms with Crippen molar-refractivity contribution in [2.45, 2.75) is 19.4 Å². The maximum atomic E-state index is 13.0. The number of ketones is 1. The van der Waals surface area contributed by atoms with E-state index >= 15 is 0 Å². The fraction of sp³-hybridized carbons (Fsp3) is 0.174. The van der Waals surface area contributed by atoms with Crippen LogP contribution < -0.4 is 9.64 Å². The van der Waals surface area contributed by atoms with Gasteiger partial charge in [-0.2, -0.15) is 0 Å². The summed E-state index contributed by atoms with van der Waals surface area (Å²) in [6, 6.07) is 13.7. The Balaban J connectivity index is 1.91. The molecular formula is C23H20N2O4S. The molecule has 152 valence electrons. The zero-order chi connectivity index (χ0) is 21.3. The molecule has 0 saturated carbocycles. The molecule has 7 heteroatoms. The van der Waals surface area contributed by atoms with Gasteiger partial charge < -0.3 is 9.84 Å². The highest BCUT2D eigenvalue weighted by molar-refractivity contribution is 7.14. The Morgan fingerprint density at radius 3 is 2.60 bits per heavy atom. The predicted octanol–water partition coefficient (Wildman–Crippen LogP) is 4.34. The number of aromatic nitrogens is 1. The van der Waals surface area contributed by atoms with E-state index in [1.165, 1.54) is 23.3 Å². The molecular weight excluding hydrogens is 400 g/mol. The number of carbonyl (C=O) groups is 2. The van der Waals surface area contributed by atoms with Crippen LogP contribution in [0, 0.1) is 0 Å². The van der Waals surface area contributed by atoms with Gasteiger partial charge in [0.15, 0.2) is 5.13 Å². The predicted molar refractivity (Wildman–Crippen MR) is 116 cm³/mol. The lowest BCUT2D eigenvalue weighted by Crippen LogP contribution is -2.29. The van der Waals surface area contributed by atoms with Gasteiger partial charge in [-0.3, -0.25) is 14.5 Å². The number of hydrogen-bond donors (Lipinski definition) is 1. The maximum absolute atomic E-state index is 13.0. The average molecular weight is 420 g/mol. The number of rotatable bonds is 5. The van der Waals surface area contributed by atoms with Gasteiger partial charge in [0.25, 0.3) is 5.78 Å². The van der Waals surface area contributed by atoms with Crippen molar-refractivity contribution in [2.75, 3.05) is 12.0 Å². The minimum Gasteiger partial charge on any atom is -0.507 e. The molecule has 0 bridgehead atoms. The molecule has 2 heterocycles. The number of nitrogens with zero attached hydrogens (tertiary/aromatic N) is 2. The van der Waals surface area contributed by atoms with Gasteiger partial charge in [-0.25, -0.2) is 4.98 Å². The number of aliphatic hydroxyl groups is 1. The lowest BCUT2D eigenvalue weighted by molar-refractivity contribution is -0.132. The number of amides is 1. The van der Waals surface area contributed by atoms with Crippen molar-refractivity contribution in [3.05, 3.63) is 82.4 Å². The molecule has 1 saturated heterocycles. The highest BCUT2D eigenvalue weighted by atomic mass is 32.1. The molecule has 1 atom stereocenters. The van der Waals surface area contributed by atoms with Crippen molar-refractivity contribution in [1.29, 1.82) is 0 Å². The molecule has 3 aromatic rings. The van der Waals surface area contributed by atoms with E-state index in [1.807, 2.05) is 24.3 Å². The fourth-order valence-corrected chi connectivity index (χ4v) is 4.21. The standard InChI is InChI=1S/C23H20N2O4S/c1-3-14-7-9-15(10-8-14)19-18(20(26)16-5-4-6-17(13-16)29-2)21(27)22(28)25(19)23-24-11-12-30-23/h4-13,19,26H,3H2,1-2H3/b20-18+. The Morgan fingerprint density at radius 1 is 1.20 bits per heavy atom. The van der Waals surface area contributed by atoms with Gasteiger partial charge in [-0.05, 0) is 29.7 Å². The Hall–Kier alpha value is -3.45. The zero-order valence-corrected chi connectivity index (χ0v) is 17.3. The Labute approximate surface area is 178 Å². The largest absolute Gasteiger partial charge is 0.507 e. The summed E-state index contributed by atoms with van der Waals surface area (Å²) >= 11 is 1.27. The minimum absolute atomic E-state index is 0.0349. The van der Waals surface area contributed by atoms with E-state index in [0.29, 0.717) is 16.4 Å². The number of aryl methyl sites for hydroxylation is 1. The molecule has 1 aliphatic rings. The van der Waals surface area contributed by atoms with Gasteiger partial charge in [0.05, 0.1) is 18.7 Å². The van der Waals surface area contributed by atoms with Crippen molar-refractivity contribution >= 4 is 33.9 Å². The first-order valence-electron chi connectivity index (χ1n) is 9.49. The third kappa shape index (κ3) is 3.37. The quantitative estimate of drug-likeness (QED) is 0.377. The molecule has 0 radical (unpaired) electrons. The topological polar surface area (TPSA) is 79.7 Å². The number of benzene rings is 2. The monoisotopic (exact) mass is 420 g/mol. The van der Waals surface area contributed by atoms with Crippen LogP contribution in [0.1, 0.15) is 29.7 Å². The first-order valence-corrected chi connectivity index (χ1v) is 10.4. The Kier molecular flexibility index (Phi) is 5.37. The molecule has 1 amide bonds. The molecule has 4 rings (SSSR count). The lowest BCUT2D eigenvalue weighted by atomic mass is 9.94. The number of anilines is 1. The third-order valence-corrected chi connectivity index (χ3v) is 5.89. The summed E-state index contributed by atoms with van der Waals surface area (Å²) in [5.41, 5.74) is 2.30. The van der Waals surface area contributed by atoms with E-state index in [1.54, 1.807) is 35.8 Å². The molecule has 1 aliphatic heterocycles. The number of thiazole rings is 1. The second-order valence-electron chi connectivity index (χ2n) is 6.81. The van der Waals surface area contributed by atoms with Crippen LogP contribution in [0.2, 0.25) is 0 Å². The molecule has 2 aromatic carbocycles. The van der Waals surface area contributed by atoms with Crippen LogP contribution >= 0.6 is 11.3 Å². The summed E-state index contributed by atoms with van der Waals surface area (Å²) in [5.74, 6) is -1.15. The van der Waals surface area contributed by atoms with Crippen LogP contribution in [0.3, 0.4) is 0 Å². The number of carbonyl (C=O) groups excluding carboxylic acids is 2. The third-order valence-electron chi connectivity index (χ3n) is 5.12. The minimum atomic E-state index is -0.770. The van der Waals surface area contributed by atoms with Crippen LogP contribution in [-0.4, -0.2) is 28.9 Å². The van der Waals surface area contributed by atoms with Crippen LogP contribution in [0.4, 0.5) is 5.13 Å². The summed E-state index contributed by atoms with van der Waals surface area (Å²) in [5, 5.41) is 13.2.